The maximum absolute atomic E-state index is 8.88. The van der Waals surface area contributed by atoms with Gasteiger partial charge in [0.1, 0.15) is 0 Å². The lowest BCUT2D eigenvalue weighted by Gasteiger charge is -1.95. The zero-order valence-electron chi connectivity index (χ0n) is 6.34. The van der Waals surface area contributed by atoms with Gasteiger partial charge >= 0.3 is 0 Å². The molecule has 0 aliphatic carbocycles. The lowest BCUT2D eigenvalue weighted by Crippen LogP contribution is -1.76. The Kier molecular flexibility index (Phi) is 2.29. The second kappa shape index (κ2) is 3.30. The summed E-state index contributed by atoms with van der Waals surface area (Å²) in [6, 6.07) is 5.87. The van der Waals surface area contributed by atoms with Gasteiger partial charge < -0.3 is 0 Å². The zero-order valence-corrected chi connectivity index (χ0v) is 9.50. The topological polar surface area (TPSA) is 23.8 Å². The number of halogens is 2. The van der Waals surface area contributed by atoms with E-state index in [1.807, 2.05) is 11.4 Å². The van der Waals surface area contributed by atoms with Crippen molar-refractivity contribution in [1.82, 2.24) is 0 Å². The van der Waals surface area contributed by atoms with Crippen molar-refractivity contribution in [2.45, 2.75) is 0 Å². The van der Waals surface area contributed by atoms with Crippen LogP contribution in [0.1, 0.15) is 5.56 Å². The van der Waals surface area contributed by atoms with Crippen LogP contribution in [0.3, 0.4) is 0 Å². The van der Waals surface area contributed by atoms with Gasteiger partial charge in [0.05, 0.1) is 16.7 Å². The summed E-state index contributed by atoms with van der Waals surface area (Å²) in [6.07, 6.45) is 0. The largest absolute Gasteiger partial charge is 0.192 e. The number of benzene rings is 1. The molecule has 1 aromatic carbocycles. The van der Waals surface area contributed by atoms with Crippen LogP contribution in [0.4, 0.5) is 0 Å². The van der Waals surface area contributed by atoms with E-state index < -0.39 is 0 Å². The normalized spacial score (nSPS) is 10.2. The minimum Gasteiger partial charge on any atom is -0.192 e. The number of rotatable bonds is 0. The van der Waals surface area contributed by atoms with Crippen LogP contribution in [0.25, 0.3) is 10.1 Å². The summed E-state index contributed by atoms with van der Waals surface area (Å²) in [5.74, 6) is 0. The highest BCUT2D eigenvalue weighted by Gasteiger charge is 2.08. The lowest BCUT2D eigenvalue weighted by molar-refractivity contribution is 1.50. The molecule has 2 rings (SSSR count). The molecule has 0 bridgehead atoms. The van der Waals surface area contributed by atoms with Crippen molar-refractivity contribution >= 4 is 49.0 Å². The summed E-state index contributed by atoms with van der Waals surface area (Å²) >= 11 is 10.8. The number of fused-ring (bicyclic) bond motifs is 1. The first kappa shape index (κ1) is 9.01. The fourth-order valence-corrected chi connectivity index (χ4v) is 3.07. The average Bonchev–Trinajstić information content (AvgIpc) is 2.46. The highest BCUT2D eigenvalue weighted by atomic mass is 79.9. The van der Waals surface area contributed by atoms with E-state index in [9.17, 15) is 0 Å². The molecule has 13 heavy (non-hydrogen) atoms. The minimum atomic E-state index is 0.621. The highest BCUT2D eigenvalue weighted by molar-refractivity contribution is 9.10. The first-order chi connectivity index (χ1) is 6.22. The Bertz CT molecular complexity index is 512. The third kappa shape index (κ3) is 1.46. The molecule has 0 saturated carbocycles. The van der Waals surface area contributed by atoms with E-state index >= 15 is 0 Å². The molecule has 0 N–H and O–H groups in total. The van der Waals surface area contributed by atoms with Gasteiger partial charge in [0.15, 0.2) is 0 Å². The monoisotopic (exact) mass is 271 g/mol. The Labute approximate surface area is 92.7 Å². The summed E-state index contributed by atoms with van der Waals surface area (Å²) in [6.45, 7) is 0. The molecule has 0 radical (unpaired) electrons. The van der Waals surface area contributed by atoms with Crippen LogP contribution in [0, 0.1) is 11.3 Å². The molecule has 0 fully saturated rings. The standard InChI is InChI=1S/C9H3BrClNS/c10-6-1-5(3-12)9-7(11)4-13-8(9)2-6/h1-2,4H. The van der Waals surface area contributed by atoms with Gasteiger partial charge in [-0.3, -0.25) is 0 Å². The molecule has 0 unspecified atom stereocenters. The summed E-state index contributed by atoms with van der Waals surface area (Å²) in [5, 5.41) is 12.2. The van der Waals surface area contributed by atoms with E-state index in [0.717, 1.165) is 14.6 Å². The summed E-state index contributed by atoms with van der Waals surface area (Å²) in [5.41, 5.74) is 0.621. The molecule has 4 heteroatoms. The quantitative estimate of drug-likeness (QED) is 0.705. The van der Waals surface area contributed by atoms with Gasteiger partial charge in [-0.05, 0) is 12.1 Å². The van der Waals surface area contributed by atoms with Gasteiger partial charge in [0.25, 0.3) is 0 Å². The number of thiophene rings is 1. The third-order valence-corrected chi connectivity index (χ3v) is 3.53. The number of hydrogen-bond donors (Lipinski definition) is 0. The molecule has 1 nitrogen and oxygen atoms in total. The summed E-state index contributed by atoms with van der Waals surface area (Å²) < 4.78 is 1.95. The number of hydrogen-bond acceptors (Lipinski definition) is 2. The van der Waals surface area contributed by atoms with Crippen LogP contribution in [0.5, 0.6) is 0 Å². The van der Waals surface area contributed by atoms with Crippen LogP contribution in [0.15, 0.2) is 22.0 Å². The SMILES string of the molecule is N#Cc1cc(Br)cc2scc(Cl)c12. The second-order valence-corrected chi connectivity index (χ2v) is 4.76. The van der Waals surface area contributed by atoms with Crippen molar-refractivity contribution in [2.24, 2.45) is 0 Å². The van der Waals surface area contributed by atoms with Gasteiger partial charge in [-0.25, -0.2) is 0 Å². The second-order valence-electron chi connectivity index (χ2n) is 2.52. The average molecular weight is 273 g/mol. The van der Waals surface area contributed by atoms with Crippen LogP contribution < -0.4 is 0 Å². The number of nitrogens with zero attached hydrogens (tertiary/aromatic N) is 1. The molecular weight excluding hydrogens is 270 g/mol. The number of nitriles is 1. The van der Waals surface area contributed by atoms with E-state index in [4.69, 9.17) is 16.9 Å². The molecular formula is C9H3BrClNS. The smallest absolute Gasteiger partial charge is 0.0999 e. The van der Waals surface area contributed by atoms with E-state index in [-0.39, 0.29) is 0 Å². The van der Waals surface area contributed by atoms with Crippen LogP contribution in [-0.4, -0.2) is 0 Å². The van der Waals surface area contributed by atoms with Gasteiger partial charge in [-0.1, -0.05) is 27.5 Å². The Morgan fingerprint density at radius 3 is 2.92 bits per heavy atom. The Hall–Kier alpha value is -0.560. The van der Waals surface area contributed by atoms with Crippen molar-refractivity contribution in [3.63, 3.8) is 0 Å². The molecule has 0 spiro atoms. The van der Waals surface area contributed by atoms with Crippen LogP contribution >= 0.6 is 38.9 Å². The fourth-order valence-electron chi connectivity index (χ4n) is 1.18. The van der Waals surface area contributed by atoms with Crippen molar-refractivity contribution < 1.29 is 0 Å². The van der Waals surface area contributed by atoms with E-state index in [1.54, 1.807) is 17.4 Å². The molecule has 64 valence electrons. The predicted octanol–water partition coefficient (Wildman–Crippen LogP) is 4.19. The summed E-state index contributed by atoms with van der Waals surface area (Å²) in [7, 11) is 0. The highest BCUT2D eigenvalue weighted by Crippen LogP contribution is 2.34. The Morgan fingerprint density at radius 2 is 2.23 bits per heavy atom. The van der Waals surface area contributed by atoms with E-state index in [1.165, 1.54) is 0 Å². The van der Waals surface area contributed by atoms with Gasteiger partial charge in [0.2, 0.25) is 0 Å². The van der Waals surface area contributed by atoms with Gasteiger partial charge in [0, 0.05) is 19.9 Å². The van der Waals surface area contributed by atoms with Crippen LogP contribution in [0.2, 0.25) is 5.02 Å². The first-order valence-electron chi connectivity index (χ1n) is 3.48. The molecule has 0 amide bonds. The van der Waals surface area contributed by atoms with Gasteiger partial charge in [-0.15, -0.1) is 11.3 Å². The predicted molar refractivity (Wildman–Crippen MR) is 59.3 cm³/mol. The molecule has 0 saturated heterocycles. The van der Waals surface area contributed by atoms with Crippen LogP contribution in [-0.2, 0) is 0 Å². The van der Waals surface area contributed by atoms with Crippen molar-refractivity contribution in [2.75, 3.05) is 0 Å². The van der Waals surface area contributed by atoms with Crippen molar-refractivity contribution in [3.8, 4) is 6.07 Å². The van der Waals surface area contributed by atoms with E-state index in [0.29, 0.717) is 10.6 Å². The first-order valence-corrected chi connectivity index (χ1v) is 5.54. The van der Waals surface area contributed by atoms with Crippen molar-refractivity contribution in [1.29, 1.82) is 5.26 Å². The zero-order chi connectivity index (χ0) is 9.42. The van der Waals surface area contributed by atoms with Gasteiger partial charge in [-0.2, -0.15) is 5.26 Å². The van der Waals surface area contributed by atoms with Crippen molar-refractivity contribution in [3.05, 3.63) is 32.6 Å². The molecule has 1 heterocycles. The Morgan fingerprint density at radius 1 is 1.46 bits per heavy atom. The summed E-state index contributed by atoms with van der Waals surface area (Å²) in [4.78, 5) is 0. The molecule has 1 aromatic heterocycles. The molecule has 0 atom stereocenters. The maximum Gasteiger partial charge on any atom is 0.0999 e. The molecule has 0 aliphatic heterocycles. The third-order valence-electron chi connectivity index (χ3n) is 1.72. The maximum atomic E-state index is 8.88. The minimum absolute atomic E-state index is 0.621. The lowest BCUT2D eigenvalue weighted by atomic mass is 10.1. The Balaban J connectivity index is 2.95. The fraction of sp³-hybridized carbons (Fsp3) is 0. The molecule has 2 aromatic rings. The van der Waals surface area contributed by atoms with E-state index in [2.05, 4.69) is 22.0 Å². The molecule has 0 aliphatic rings.